The van der Waals surface area contributed by atoms with Crippen LogP contribution in [0.15, 0.2) is 0 Å². The molecule has 86 valence electrons. The van der Waals surface area contributed by atoms with Crippen LogP contribution in [0.5, 0.6) is 0 Å². The number of carbonyl (C=O) groups is 2. The Morgan fingerprint density at radius 3 is 2.87 bits per heavy atom. The first kappa shape index (κ1) is 11.8. The van der Waals surface area contributed by atoms with Crippen LogP contribution in [0.1, 0.15) is 12.8 Å². The Hall–Kier alpha value is -1.30. The topological polar surface area (TPSA) is 87.5 Å². The molecule has 1 rings (SSSR count). The molecule has 0 saturated carbocycles. The number of rotatable bonds is 3. The van der Waals surface area contributed by atoms with Gasteiger partial charge in [0.1, 0.15) is 0 Å². The monoisotopic (exact) mass is 214 g/mol. The van der Waals surface area contributed by atoms with E-state index in [-0.39, 0.29) is 11.9 Å². The molecule has 1 unspecified atom stereocenters. The second-order valence-corrected chi connectivity index (χ2v) is 3.72. The fourth-order valence-electron chi connectivity index (χ4n) is 1.73. The Bertz CT molecular complexity index is 244. The molecule has 0 aliphatic carbocycles. The maximum absolute atomic E-state index is 11.3. The van der Waals surface area contributed by atoms with Gasteiger partial charge in [0.15, 0.2) is 0 Å². The lowest BCUT2D eigenvalue weighted by Gasteiger charge is -2.31. The molecule has 0 aromatic heterocycles. The van der Waals surface area contributed by atoms with Crippen molar-refractivity contribution >= 4 is 11.9 Å². The quantitative estimate of drug-likeness (QED) is 0.555. The van der Waals surface area contributed by atoms with E-state index in [1.165, 1.54) is 0 Å². The number of nitrogens with two attached hydrogens (primary N) is 1. The second kappa shape index (κ2) is 5.55. The van der Waals surface area contributed by atoms with E-state index in [1.807, 2.05) is 0 Å². The van der Waals surface area contributed by atoms with Gasteiger partial charge < -0.3 is 21.3 Å². The Morgan fingerprint density at radius 1 is 1.53 bits per heavy atom. The van der Waals surface area contributed by atoms with Gasteiger partial charge in [-0.15, -0.1) is 0 Å². The molecule has 1 atom stereocenters. The largest absolute Gasteiger partial charge is 0.351 e. The van der Waals surface area contributed by atoms with Gasteiger partial charge in [-0.25, -0.2) is 4.79 Å². The van der Waals surface area contributed by atoms with Crippen molar-refractivity contribution in [3.05, 3.63) is 0 Å². The number of nitrogens with zero attached hydrogens (tertiary/aromatic N) is 1. The van der Waals surface area contributed by atoms with E-state index in [1.54, 1.807) is 11.9 Å². The molecule has 6 nitrogen and oxygen atoms in total. The van der Waals surface area contributed by atoms with Crippen LogP contribution in [0.4, 0.5) is 4.79 Å². The van der Waals surface area contributed by atoms with Gasteiger partial charge in [0.2, 0.25) is 5.91 Å². The predicted octanol–water partition coefficient (Wildman–Crippen LogP) is -1.13. The van der Waals surface area contributed by atoms with E-state index >= 15 is 0 Å². The normalized spacial score (nSPS) is 21.1. The lowest BCUT2D eigenvalue weighted by molar-refractivity contribution is -0.121. The number of amides is 3. The van der Waals surface area contributed by atoms with Crippen LogP contribution in [0.3, 0.4) is 0 Å². The molecular weight excluding hydrogens is 196 g/mol. The Labute approximate surface area is 89.2 Å². The average Bonchev–Trinajstić information content (AvgIpc) is 2.18. The molecule has 0 radical (unpaired) electrons. The van der Waals surface area contributed by atoms with Gasteiger partial charge >= 0.3 is 6.03 Å². The van der Waals surface area contributed by atoms with Gasteiger partial charge in [-0.3, -0.25) is 4.79 Å². The van der Waals surface area contributed by atoms with Crippen molar-refractivity contribution in [2.45, 2.75) is 18.9 Å². The highest BCUT2D eigenvalue weighted by atomic mass is 16.2. The maximum Gasteiger partial charge on any atom is 0.314 e. The number of piperidine rings is 1. The van der Waals surface area contributed by atoms with Gasteiger partial charge in [0.25, 0.3) is 0 Å². The third-order valence-electron chi connectivity index (χ3n) is 2.44. The number of likely N-dealkylation sites (tertiary alicyclic amines) is 1. The number of primary amides is 1. The number of hydrogen-bond donors (Lipinski definition) is 3. The van der Waals surface area contributed by atoms with Crippen molar-refractivity contribution in [3.8, 4) is 0 Å². The second-order valence-electron chi connectivity index (χ2n) is 3.72. The van der Waals surface area contributed by atoms with Crippen molar-refractivity contribution in [2.24, 2.45) is 5.73 Å². The number of nitrogens with one attached hydrogen (secondary N) is 2. The van der Waals surface area contributed by atoms with Gasteiger partial charge in [-0.1, -0.05) is 0 Å². The molecule has 0 bridgehead atoms. The highest BCUT2D eigenvalue weighted by Crippen LogP contribution is 2.09. The molecule has 6 heteroatoms. The van der Waals surface area contributed by atoms with Crippen molar-refractivity contribution in [2.75, 3.05) is 26.7 Å². The Kier molecular flexibility index (Phi) is 4.36. The van der Waals surface area contributed by atoms with Crippen LogP contribution in [0, 0.1) is 0 Å². The van der Waals surface area contributed by atoms with Crippen molar-refractivity contribution in [1.82, 2.24) is 15.5 Å². The van der Waals surface area contributed by atoms with E-state index in [0.29, 0.717) is 19.6 Å². The van der Waals surface area contributed by atoms with Crippen LogP contribution in [0.25, 0.3) is 0 Å². The summed E-state index contributed by atoms with van der Waals surface area (Å²) < 4.78 is 0. The molecular formula is C9H18N4O2. The molecule has 1 fully saturated rings. The zero-order valence-electron chi connectivity index (χ0n) is 8.95. The summed E-state index contributed by atoms with van der Waals surface area (Å²) in [7, 11) is 1.72. The fraction of sp³-hybridized carbons (Fsp3) is 0.778. The molecule has 1 heterocycles. The van der Waals surface area contributed by atoms with Gasteiger partial charge in [-0.05, 0) is 19.9 Å². The average molecular weight is 214 g/mol. The maximum atomic E-state index is 11.3. The zero-order chi connectivity index (χ0) is 11.3. The SMILES string of the molecule is CNCC(=O)NC1CCCN(C(N)=O)C1. The standard InChI is InChI=1S/C9H18N4O2/c1-11-5-8(14)12-7-3-2-4-13(6-7)9(10)15/h7,11H,2-6H2,1H3,(H2,10,15)(H,12,14). The zero-order valence-corrected chi connectivity index (χ0v) is 8.95. The van der Waals surface area contributed by atoms with E-state index in [9.17, 15) is 9.59 Å². The third kappa shape index (κ3) is 3.75. The number of likely N-dealkylation sites (N-methyl/N-ethyl adjacent to an activating group) is 1. The molecule has 0 aromatic carbocycles. The Balaban J connectivity index is 2.36. The van der Waals surface area contributed by atoms with Gasteiger partial charge in [0, 0.05) is 19.1 Å². The lowest BCUT2D eigenvalue weighted by Crippen LogP contribution is -2.52. The van der Waals surface area contributed by atoms with Crippen LogP contribution in [0.2, 0.25) is 0 Å². The lowest BCUT2D eigenvalue weighted by atomic mass is 10.1. The first-order valence-corrected chi connectivity index (χ1v) is 5.12. The van der Waals surface area contributed by atoms with E-state index in [2.05, 4.69) is 10.6 Å². The summed E-state index contributed by atoms with van der Waals surface area (Å²) in [4.78, 5) is 23.8. The Morgan fingerprint density at radius 2 is 2.27 bits per heavy atom. The van der Waals surface area contributed by atoms with E-state index in [4.69, 9.17) is 5.73 Å². The summed E-state index contributed by atoms with van der Waals surface area (Å²) in [5.41, 5.74) is 5.18. The fourth-order valence-corrected chi connectivity index (χ4v) is 1.73. The first-order chi connectivity index (χ1) is 7.13. The summed E-state index contributed by atoms with van der Waals surface area (Å²) in [6, 6.07) is -0.380. The van der Waals surface area contributed by atoms with Crippen molar-refractivity contribution in [1.29, 1.82) is 0 Å². The number of urea groups is 1. The van der Waals surface area contributed by atoms with Crippen LogP contribution in [-0.2, 0) is 4.79 Å². The third-order valence-corrected chi connectivity index (χ3v) is 2.44. The summed E-state index contributed by atoms with van der Waals surface area (Å²) >= 11 is 0. The summed E-state index contributed by atoms with van der Waals surface area (Å²) in [6.07, 6.45) is 1.78. The summed E-state index contributed by atoms with van der Waals surface area (Å²) in [6.45, 7) is 1.51. The van der Waals surface area contributed by atoms with Crippen molar-refractivity contribution in [3.63, 3.8) is 0 Å². The highest BCUT2D eigenvalue weighted by molar-refractivity contribution is 5.78. The van der Waals surface area contributed by atoms with Crippen LogP contribution < -0.4 is 16.4 Å². The molecule has 1 aliphatic rings. The smallest absolute Gasteiger partial charge is 0.314 e. The molecule has 1 saturated heterocycles. The minimum atomic E-state index is -0.414. The van der Waals surface area contributed by atoms with E-state index in [0.717, 1.165) is 12.8 Å². The minimum absolute atomic E-state index is 0.0344. The van der Waals surface area contributed by atoms with Gasteiger partial charge in [-0.2, -0.15) is 0 Å². The van der Waals surface area contributed by atoms with Crippen LogP contribution >= 0.6 is 0 Å². The molecule has 0 aromatic rings. The minimum Gasteiger partial charge on any atom is -0.351 e. The summed E-state index contributed by atoms with van der Waals surface area (Å²) in [5, 5.41) is 5.63. The van der Waals surface area contributed by atoms with E-state index < -0.39 is 6.03 Å². The molecule has 3 amide bonds. The molecule has 4 N–H and O–H groups in total. The van der Waals surface area contributed by atoms with Crippen LogP contribution in [-0.4, -0.2) is 49.6 Å². The predicted molar refractivity (Wildman–Crippen MR) is 56.2 cm³/mol. The highest BCUT2D eigenvalue weighted by Gasteiger charge is 2.22. The number of carbonyl (C=O) groups excluding carboxylic acids is 2. The first-order valence-electron chi connectivity index (χ1n) is 5.12. The molecule has 1 aliphatic heterocycles. The molecule has 15 heavy (non-hydrogen) atoms. The van der Waals surface area contributed by atoms with Gasteiger partial charge in [0.05, 0.1) is 6.54 Å². The number of hydrogen-bond acceptors (Lipinski definition) is 3. The van der Waals surface area contributed by atoms with Crippen molar-refractivity contribution < 1.29 is 9.59 Å². The molecule has 0 spiro atoms. The summed E-state index contributed by atoms with van der Waals surface area (Å²) in [5.74, 6) is -0.0474.